The Morgan fingerprint density at radius 1 is 1.09 bits per heavy atom. The molecule has 1 aromatic heterocycles. The fraction of sp³-hybridized carbons (Fsp3) is 0.269. The van der Waals surface area contributed by atoms with Gasteiger partial charge < -0.3 is 19.5 Å². The average molecular weight is 447 g/mol. The number of amides is 1. The number of carbonyl (C=O) groups excluding carboxylic acids is 2. The molecular formula is C26H26N2O5. The molecule has 1 N–H and O–H groups in total. The van der Waals surface area contributed by atoms with Crippen LogP contribution in [0.15, 0.2) is 60.8 Å². The van der Waals surface area contributed by atoms with Crippen molar-refractivity contribution in [3.63, 3.8) is 0 Å². The smallest absolute Gasteiger partial charge is 0.331 e. The normalized spacial score (nSPS) is 13.8. The second-order valence-electron chi connectivity index (χ2n) is 8.06. The van der Waals surface area contributed by atoms with Gasteiger partial charge in [0.1, 0.15) is 13.2 Å². The monoisotopic (exact) mass is 446 g/mol. The highest BCUT2D eigenvalue weighted by Crippen LogP contribution is 2.34. The van der Waals surface area contributed by atoms with Crippen molar-refractivity contribution in [1.29, 1.82) is 0 Å². The van der Waals surface area contributed by atoms with Crippen LogP contribution in [-0.4, -0.2) is 36.7 Å². The molecule has 0 radical (unpaired) electrons. The highest BCUT2D eigenvalue weighted by molar-refractivity contribution is 5.93. The van der Waals surface area contributed by atoms with Gasteiger partial charge in [0.15, 0.2) is 18.1 Å². The Kier molecular flexibility index (Phi) is 6.88. The lowest BCUT2D eigenvalue weighted by atomic mass is 9.95. The largest absolute Gasteiger partial charge is 0.486 e. The number of para-hydroxylation sites is 1. The Hall–Kier alpha value is -3.87. The molecule has 3 aromatic rings. The quantitative estimate of drug-likeness (QED) is 0.435. The summed E-state index contributed by atoms with van der Waals surface area (Å²) in [5.74, 6) is 0.501. The minimum absolute atomic E-state index is 0.117. The van der Waals surface area contributed by atoms with Crippen LogP contribution in [0.3, 0.4) is 0 Å². The zero-order valence-corrected chi connectivity index (χ0v) is 18.6. The van der Waals surface area contributed by atoms with Gasteiger partial charge in [-0.25, -0.2) is 4.79 Å². The first-order valence-electron chi connectivity index (χ1n) is 10.9. The van der Waals surface area contributed by atoms with E-state index >= 15 is 0 Å². The number of pyridine rings is 1. The van der Waals surface area contributed by atoms with Crippen LogP contribution in [0.2, 0.25) is 0 Å². The molecule has 0 fully saturated rings. The molecule has 33 heavy (non-hydrogen) atoms. The van der Waals surface area contributed by atoms with Crippen molar-refractivity contribution in [2.24, 2.45) is 5.92 Å². The predicted molar refractivity (Wildman–Crippen MR) is 125 cm³/mol. The summed E-state index contributed by atoms with van der Waals surface area (Å²) in [6, 6.07) is 14.9. The second-order valence-corrected chi connectivity index (χ2v) is 8.06. The van der Waals surface area contributed by atoms with Gasteiger partial charge in [-0.15, -0.1) is 0 Å². The molecule has 4 rings (SSSR count). The van der Waals surface area contributed by atoms with Crippen molar-refractivity contribution in [3.8, 4) is 11.5 Å². The van der Waals surface area contributed by atoms with Crippen LogP contribution in [0.5, 0.6) is 11.5 Å². The number of rotatable bonds is 7. The van der Waals surface area contributed by atoms with Crippen LogP contribution in [0.1, 0.15) is 31.0 Å². The zero-order valence-electron chi connectivity index (χ0n) is 18.6. The number of esters is 1. The van der Waals surface area contributed by atoms with Gasteiger partial charge in [-0.3, -0.25) is 9.78 Å². The van der Waals surface area contributed by atoms with E-state index in [9.17, 15) is 9.59 Å². The van der Waals surface area contributed by atoms with E-state index in [0.717, 1.165) is 22.0 Å². The number of fused-ring (bicyclic) bond motifs is 2. The SMILES string of the molecule is CC(C)C(NC(=O)COC(=O)/C=C/c1cccc2cccnc12)c1ccc2c(c1)OCCO2. The maximum Gasteiger partial charge on any atom is 0.331 e. The first-order valence-corrected chi connectivity index (χ1v) is 10.9. The Labute approximate surface area is 192 Å². The lowest BCUT2D eigenvalue weighted by Gasteiger charge is -2.25. The van der Waals surface area contributed by atoms with Crippen molar-refractivity contribution in [1.82, 2.24) is 10.3 Å². The highest BCUT2D eigenvalue weighted by Gasteiger charge is 2.22. The third-order valence-corrected chi connectivity index (χ3v) is 5.32. The number of carbonyl (C=O) groups is 2. The van der Waals surface area contributed by atoms with Crippen molar-refractivity contribution in [2.75, 3.05) is 19.8 Å². The molecule has 1 atom stereocenters. The molecule has 170 valence electrons. The van der Waals surface area contributed by atoms with Crippen molar-refractivity contribution in [3.05, 3.63) is 71.9 Å². The van der Waals surface area contributed by atoms with E-state index < -0.39 is 5.97 Å². The molecule has 1 unspecified atom stereocenters. The predicted octanol–water partition coefficient (Wildman–Crippen LogP) is 4.08. The van der Waals surface area contributed by atoms with E-state index in [1.54, 1.807) is 12.3 Å². The van der Waals surface area contributed by atoms with Gasteiger partial charge in [0.25, 0.3) is 5.91 Å². The van der Waals surface area contributed by atoms with E-state index in [4.69, 9.17) is 14.2 Å². The van der Waals surface area contributed by atoms with Crippen LogP contribution in [0.4, 0.5) is 0 Å². The molecule has 7 heteroatoms. The van der Waals surface area contributed by atoms with Gasteiger partial charge in [0.2, 0.25) is 0 Å². The molecule has 7 nitrogen and oxygen atoms in total. The van der Waals surface area contributed by atoms with E-state index in [-0.39, 0.29) is 24.5 Å². The topological polar surface area (TPSA) is 86.8 Å². The Morgan fingerprint density at radius 2 is 1.88 bits per heavy atom. The van der Waals surface area contributed by atoms with Gasteiger partial charge in [-0.1, -0.05) is 44.2 Å². The van der Waals surface area contributed by atoms with Gasteiger partial charge >= 0.3 is 5.97 Å². The Morgan fingerprint density at radius 3 is 2.70 bits per heavy atom. The Bertz CT molecular complexity index is 1180. The third kappa shape index (κ3) is 5.49. The summed E-state index contributed by atoms with van der Waals surface area (Å²) in [6.45, 7) is 4.66. The van der Waals surface area contributed by atoms with Crippen LogP contribution in [0.25, 0.3) is 17.0 Å². The molecule has 0 bridgehead atoms. The first-order chi connectivity index (χ1) is 16.0. The summed E-state index contributed by atoms with van der Waals surface area (Å²) in [6.07, 6.45) is 4.65. The van der Waals surface area contributed by atoms with Gasteiger partial charge in [0, 0.05) is 23.2 Å². The van der Waals surface area contributed by atoms with Crippen LogP contribution < -0.4 is 14.8 Å². The molecule has 1 aliphatic rings. The number of nitrogens with zero attached hydrogens (tertiary/aromatic N) is 1. The summed E-state index contributed by atoms with van der Waals surface area (Å²) in [4.78, 5) is 29.0. The first kappa shape index (κ1) is 22.3. The van der Waals surface area contributed by atoms with E-state index in [2.05, 4.69) is 10.3 Å². The molecule has 2 heterocycles. The number of hydrogen-bond donors (Lipinski definition) is 1. The summed E-state index contributed by atoms with van der Waals surface area (Å²) in [5.41, 5.74) is 2.49. The van der Waals surface area contributed by atoms with Crippen LogP contribution in [0, 0.1) is 5.92 Å². The molecule has 0 spiro atoms. The second kappa shape index (κ2) is 10.2. The number of ether oxygens (including phenoxy) is 3. The van der Waals surface area contributed by atoms with Crippen molar-refractivity contribution in [2.45, 2.75) is 19.9 Å². The van der Waals surface area contributed by atoms with Crippen LogP contribution >= 0.6 is 0 Å². The maximum atomic E-state index is 12.5. The van der Waals surface area contributed by atoms with Crippen LogP contribution in [-0.2, 0) is 14.3 Å². The minimum atomic E-state index is -0.599. The van der Waals surface area contributed by atoms with Gasteiger partial charge in [0.05, 0.1) is 11.6 Å². The van der Waals surface area contributed by atoms with E-state index in [0.29, 0.717) is 24.7 Å². The number of hydrogen-bond acceptors (Lipinski definition) is 6. The lowest BCUT2D eigenvalue weighted by Crippen LogP contribution is -2.35. The lowest BCUT2D eigenvalue weighted by molar-refractivity contribution is -0.144. The van der Waals surface area contributed by atoms with Crippen molar-refractivity contribution < 1.29 is 23.8 Å². The number of benzene rings is 2. The number of aromatic nitrogens is 1. The maximum absolute atomic E-state index is 12.5. The molecule has 1 amide bonds. The fourth-order valence-electron chi connectivity index (χ4n) is 3.71. The standard InChI is InChI=1S/C26H26N2O5/c1-17(2)25(20-8-10-21-22(15-20)32-14-13-31-21)28-23(29)16-33-24(30)11-9-19-6-3-5-18-7-4-12-27-26(18)19/h3-12,15,17,25H,13-14,16H2,1-2H3,(H,28,29)/b11-9+. The molecular weight excluding hydrogens is 420 g/mol. The van der Waals surface area contributed by atoms with Gasteiger partial charge in [-0.05, 0) is 35.8 Å². The Balaban J connectivity index is 1.35. The minimum Gasteiger partial charge on any atom is -0.486 e. The molecule has 0 saturated heterocycles. The number of nitrogens with one attached hydrogen (secondary N) is 1. The van der Waals surface area contributed by atoms with Crippen molar-refractivity contribution >= 4 is 28.9 Å². The highest BCUT2D eigenvalue weighted by atomic mass is 16.6. The van der Waals surface area contributed by atoms with Gasteiger partial charge in [-0.2, -0.15) is 0 Å². The summed E-state index contributed by atoms with van der Waals surface area (Å²) >= 11 is 0. The molecule has 2 aromatic carbocycles. The average Bonchev–Trinajstić information content (AvgIpc) is 2.84. The summed E-state index contributed by atoms with van der Waals surface area (Å²) < 4.78 is 16.4. The summed E-state index contributed by atoms with van der Waals surface area (Å²) in [7, 11) is 0. The third-order valence-electron chi connectivity index (χ3n) is 5.32. The van der Waals surface area contributed by atoms with E-state index in [1.165, 1.54) is 6.08 Å². The molecule has 0 saturated carbocycles. The summed E-state index contributed by atoms with van der Waals surface area (Å²) in [5, 5.41) is 3.92. The zero-order chi connectivity index (χ0) is 23.2. The van der Waals surface area contributed by atoms with E-state index in [1.807, 2.05) is 62.4 Å². The molecule has 1 aliphatic heterocycles. The molecule has 0 aliphatic carbocycles. The fourth-order valence-corrected chi connectivity index (χ4v) is 3.71.